The van der Waals surface area contributed by atoms with Crippen LogP contribution in [-0.4, -0.2) is 16.6 Å². The van der Waals surface area contributed by atoms with Crippen LogP contribution in [-0.2, 0) is 17.6 Å². The average molecular weight is 361 g/mol. The van der Waals surface area contributed by atoms with Crippen LogP contribution in [0.5, 0.6) is 0 Å². The van der Waals surface area contributed by atoms with E-state index in [-0.39, 0.29) is 11.7 Å². The lowest BCUT2D eigenvalue weighted by atomic mass is 10.1. The van der Waals surface area contributed by atoms with Crippen molar-refractivity contribution in [2.24, 2.45) is 0 Å². The van der Waals surface area contributed by atoms with Crippen molar-refractivity contribution >= 4 is 34.0 Å². The largest absolute Gasteiger partial charge is 0.437 e. The molecule has 0 radical (unpaired) electrons. The van der Waals surface area contributed by atoms with Gasteiger partial charge in [0.2, 0.25) is 5.91 Å². The number of rotatable bonds is 4. The van der Waals surface area contributed by atoms with E-state index in [1.54, 1.807) is 11.3 Å². The minimum Gasteiger partial charge on any atom is -0.437 e. The molecule has 0 aromatic carbocycles. The minimum absolute atomic E-state index is 0.138. The first-order valence-corrected chi connectivity index (χ1v) is 9.80. The van der Waals surface area contributed by atoms with Crippen LogP contribution in [0.4, 0.5) is 5.00 Å². The SMILES string of the molecule is Cc1nc(SCC(=O)Nc2sc3c(c2C#N)CCCCC3)oc1C. The van der Waals surface area contributed by atoms with E-state index in [1.807, 2.05) is 13.8 Å². The van der Waals surface area contributed by atoms with E-state index < -0.39 is 0 Å². The second kappa shape index (κ2) is 7.41. The van der Waals surface area contributed by atoms with Gasteiger partial charge in [-0.25, -0.2) is 4.98 Å². The van der Waals surface area contributed by atoms with Gasteiger partial charge in [-0.1, -0.05) is 18.2 Å². The van der Waals surface area contributed by atoms with Crippen LogP contribution in [0.25, 0.3) is 0 Å². The number of hydrogen-bond donors (Lipinski definition) is 1. The third kappa shape index (κ3) is 3.65. The van der Waals surface area contributed by atoms with Crippen molar-refractivity contribution in [3.05, 3.63) is 27.5 Å². The van der Waals surface area contributed by atoms with Crippen molar-refractivity contribution in [1.82, 2.24) is 4.98 Å². The molecule has 1 N–H and O–H groups in total. The highest BCUT2D eigenvalue weighted by Crippen LogP contribution is 2.37. The van der Waals surface area contributed by atoms with Gasteiger partial charge in [0.1, 0.15) is 16.8 Å². The molecule has 2 aromatic heterocycles. The first-order valence-electron chi connectivity index (χ1n) is 7.99. The fourth-order valence-electron chi connectivity index (χ4n) is 2.74. The van der Waals surface area contributed by atoms with Crippen LogP contribution < -0.4 is 5.32 Å². The monoisotopic (exact) mass is 361 g/mol. The maximum atomic E-state index is 12.2. The molecule has 0 spiro atoms. The van der Waals surface area contributed by atoms with Crippen LogP contribution >= 0.6 is 23.1 Å². The fraction of sp³-hybridized carbons (Fsp3) is 0.471. The standard InChI is InChI=1S/C17H19N3O2S2/c1-10-11(2)22-17(19-10)23-9-15(21)20-16-13(8-18)12-6-4-3-5-7-14(12)24-16/h3-7,9H2,1-2H3,(H,20,21). The summed E-state index contributed by atoms with van der Waals surface area (Å²) in [4.78, 5) is 17.7. The van der Waals surface area contributed by atoms with Crippen molar-refractivity contribution in [2.75, 3.05) is 11.1 Å². The van der Waals surface area contributed by atoms with Crippen molar-refractivity contribution in [3.8, 4) is 6.07 Å². The molecule has 0 saturated carbocycles. The quantitative estimate of drug-likeness (QED) is 0.651. The number of amides is 1. The second-order valence-corrected chi connectivity index (χ2v) is 7.87. The lowest BCUT2D eigenvalue weighted by Gasteiger charge is -2.02. The van der Waals surface area contributed by atoms with Gasteiger partial charge >= 0.3 is 0 Å². The van der Waals surface area contributed by atoms with Gasteiger partial charge in [-0.05, 0) is 45.1 Å². The molecule has 24 heavy (non-hydrogen) atoms. The molecule has 0 saturated heterocycles. The summed E-state index contributed by atoms with van der Waals surface area (Å²) in [6, 6.07) is 2.28. The molecule has 3 rings (SSSR count). The summed E-state index contributed by atoms with van der Waals surface area (Å²) in [7, 11) is 0. The van der Waals surface area contributed by atoms with Gasteiger partial charge < -0.3 is 9.73 Å². The molecule has 126 valence electrons. The fourth-order valence-corrected chi connectivity index (χ4v) is 4.71. The zero-order chi connectivity index (χ0) is 17.1. The highest BCUT2D eigenvalue weighted by Gasteiger charge is 2.21. The lowest BCUT2D eigenvalue weighted by Crippen LogP contribution is -2.14. The number of thioether (sulfide) groups is 1. The smallest absolute Gasteiger partial charge is 0.256 e. The summed E-state index contributed by atoms with van der Waals surface area (Å²) in [5, 5.41) is 13.6. The molecule has 1 aliphatic rings. The van der Waals surface area contributed by atoms with E-state index in [1.165, 1.54) is 23.1 Å². The number of nitrogens with zero attached hydrogens (tertiary/aromatic N) is 2. The van der Waals surface area contributed by atoms with Crippen molar-refractivity contribution in [1.29, 1.82) is 5.26 Å². The number of aromatic nitrogens is 1. The van der Waals surface area contributed by atoms with Crippen molar-refractivity contribution in [3.63, 3.8) is 0 Å². The van der Waals surface area contributed by atoms with Crippen LogP contribution in [0.15, 0.2) is 9.64 Å². The lowest BCUT2D eigenvalue weighted by molar-refractivity contribution is -0.113. The van der Waals surface area contributed by atoms with E-state index in [9.17, 15) is 10.1 Å². The molecular weight excluding hydrogens is 342 g/mol. The summed E-state index contributed by atoms with van der Waals surface area (Å²) in [6.07, 6.45) is 5.43. The number of nitriles is 1. The summed E-state index contributed by atoms with van der Waals surface area (Å²) < 4.78 is 5.46. The van der Waals surface area contributed by atoms with Gasteiger partial charge in [-0.2, -0.15) is 5.26 Å². The molecule has 0 bridgehead atoms. The Balaban J connectivity index is 1.67. The molecule has 0 aliphatic heterocycles. The Hall–Kier alpha value is -1.78. The van der Waals surface area contributed by atoms with Gasteiger partial charge in [-0.3, -0.25) is 4.79 Å². The maximum absolute atomic E-state index is 12.2. The van der Waals surface area contributed by atoms with E-state index in [0.29, 0.717) is 15.8 Å². The molecule has 0 fully saturated rings. The highest BCUT2D eigenvalue weighted by molar-refractivity contribution is 7.99. The highest BCUT2D eigenvalue weighted by atomic mass is 32.2. The third-order valence-corrected chi connectivity index (χ3v) is 6.16. The summed E-state index contributed by atoms with van der Waals surface area (Å²) in [6.45, 7) is 3.73. The Kier molecular flexibility index (Phi) is 5.27. The number of nitrogens with one attached hydrogen (secondary N) is 1. The van der Waals surface area contributed by atoms with E-state index in [2.05, 4.69) is 16.4 Å². The number of fused-ring (bicyclic) bond motifs is 1. The molecule has 7 heteroatoms. The van der Waals surface area contributed by atoms with Crippen molar-refractivity contribution < 1.29 is 9.21 Å². The summed E-state index contributed by atoms with van der Waals surface area (Å²) >= 11 is 2.82. The second-order valence-electron chi connectivity index (χ2n) is 5.84. The van der Waals surface area contributed by atoms with Gasteiger partial charge in [-0.15, -0.1) is 11.3 Å². The zero-order valence-corrected chi connectivity index (χ0v) is 15.4. The molecule has 0 atom stereocenters. The third-order valence-electron chi connectivity index (χ3n) is 4.12. The van der Waals surface area contributed by atoms with Gasteiger partial charge in [0, 0.05) is 4.88 Å². The first kappa shape index (κ1) is 17.1. The average Bonchev–Trinajstić information content (AvgIpc) is 2.94. The number of carbonyl (C=O) groups excluding carboxylic acids is 1. The normalized spacial score (nSPS) is 13.9. The van der Waals surface area contributed by atoms with E-state index in [4.69, 9.17) is 4.42 Å². The molecular formula is C17H19N3O2S2. The first-order chi connectivity index (χ1) is 11.6. The zero-order valence-electron chi connectivity index (χ0n) is 13.8. The van der Waals surface area contributed by atoms with E-state index in [0.717, 1.165) is 42.7 Å². The number of aryl methyl sites for hydroxylation is 3. The summed E-state index contributed by atoms with van der Waals surface area (Å²) in [5.41, 5.74) is 2.63. The van der Waals surface area contributed by atoms with Crippen LogP contribution in [0.2, 0.25) is 0 Å². The van der Waals surface area contributed by atoms with Crippen LogP contribution in [0, 0.1) is 25.2 Å². The minimum atomic E-state index is -0.138. The predicted molar refractivity (Wildman–Crippen MR) is 95.6 cm³/mol. The Morgan fingerprint density at radius 2 is 2.17 bits per heavy atom. The number of hydrogen-bond acceptors (Lipinski definition) is 6. The Morgan fingerprint density at radius 3 is 2.88 bits per heavy atom. The molecule has 1 amide bonds. The molecule has 5 nitrogen and oxygen atoms in total. The van der Waals surface area contributed by atoms with Crippen LogP contribution in [0.1, 0.15) is 46.7 Å². The van der Waals surface area contributed by atoms with Crippen molar-refractivity contribution in [2.45, 2.75) is 51.2 Å². The number of anilines is 1. The van der Waals surface area contributed by atoms with Gasteiger partial charge in [0.05, 0.1) is 17.0 Å². The van der Waals surface area contributed by atoms with Crippen LogP contribution in [0.3, 0.4) is 0 Å². The molecule has 1 aliphatic carbocycles. The van der Waals surface area contributed by atoms with E-state index >= 15 is 0 Å². The Bertz CT molecular complexity index is 782. The number of oxazole rings is 1. The number of carbonyl (C=O) groups is 1. The van der Waals surface area contributed by atoms with Gasteiger partial charge in [0.15, 0.2) is 0 Å². The van der Waals surface area contributed by atoms with Gasteiger partial charge in [0.25, 0.3) is 5.22 Å². The molecule has 2 heterocycles. The molecule has 0 unspecified atom stereocenters. The Morgan fingerprint density at radius 1 is 1.38 bits per heavy atom. The molecule has 2 aromatic rings. The number of thiophene rings is 1. The maximum Gasteiger partial charge on any atom is 0.256 e. The predicted octanol–water partition coefficient (Wildman–Crippen LogP) is 4.22. The Labute approximate surface area is 149 Å². The topological polar surface area (TPSA) is 78.9 Å². The summed E-state index contributed by atoms with van der Waals surface area (Å²) in [5.74, 6) is 0.848.